The van der Waals surface area contributed by atoms with Gasteiger partial charge in [0.2, 0.25) is 0 Å². The van der Waals surface area contributed by atoms with Crippen LogP contribution in [0.4, 0.5) is 0 Å². The molecule has 0 unspecified atom stereocenters. The zero-order valence-corrected chi connectivity index (χ0v) is 14.8. The summed E-state index contributed by atoms with van der Waals surface area (Å²) in [5, 5.41) is 11.8. The van der Waals surface area contributed by atoms with Gasteiger partial charge >= 0.3 is 0 Å². The van der Waals surface area contributed by atoms with E-state index < -0.39 is 0 Å². The van der Waals surface area contributed by atoms with E-state index in [2.05, 4.69) is 27.5 Å². The van der Waals surface area contributed by atoms with E-state index in [1.165, 1.54) is 0 Å². The third kappa shape index (κ3) is 3.37. The highest BCUT2D eigenvalue weighted by molar-refractivity contribution is 7.09. The number of ether oxygens (including phenoxy) is 2. The summed E-state index contributed by atoms with van der Waals surface area (Å²) in [6, 6.07) is 0. The summed E-state index contributed by atoms with van der Waals surface area (Å²) in [4.78, 5) is 7.11. The van der Waals surface area contributed by atoms with E-state index in [1.807, 2.05) is 10.9 Å². The quantitative estimate of drug-likeness (QED) is 0.790. The molecule has 2 aromatic heterocycles. The summed E-state index contributed by atoms with van der Waals surface area (Å²) in [5.74, 6) is 0. The molecule has 8 heteroatoms. The number of hydrogen-bond donors (Lipinski definition) is 0. The highest BCUT2D eigenvalue weighted by Crippen LogP contribution is 2.33. The summed E-state index contributed by atoms with van der Waals surface area (Å²) in [6.45, 7) is 9.18. The number of nitrogens with zero attached hydrogens (tertiary/aromatic N) is 5. The van der Waals surface area contributed by atoms with Gasteiger partial charge in [-0.05, 0) is 6.42 Å². The van der Waals surface area contributed by atoms with E-state index in [-0.39, 0.29) is 5.41 Å². The molecule has 0 bridgehead atoms. The number of hydrogen-bond acceptors (Lipinski definition) is 7. The Bertz CT molecular complexity index is 670. The van der Waals surface area contributed by atoms with Crippen LogP contribution >= 0.6 is 11.3 Å². The zero-order chi connectivity index (χ0) is 16.4. The van der Waals surface area contributed by atoms with Gasteiger partial charge in [0.25, 0.3) is 0 Å². The molecule has 0 aliphatic carbocycles. The molecule has 2 aliphatic heterocycles. The molecule has 130 valence electrons. The molecule has 0 saturated carbocycles. The van der Waals surface area contributed by atoms with Crippen LogP contribution in [0.15, 0.2) is 11.6 Å². The molecular formula is C16H23N5O2S. The Hall–Kier alpha value is -1.35. The van der Waals surface area contributed by atoms with Crippen LogP contribution in [0.5, 0.6) is 0 Å². The maximum Gasteiger partial charge on any atom is 0.132 e. The van der Waals surface area contributed by atoms with Crippen LogP contribution in [0, 0.1) is 5.41 Å². The van der Waals surface area contributed by atoms with Gasteiger partial charge in [-0.1, -0.05) is 12.1 Å². The van der Waals surface area contributed by atoms with Crippen molar-refractivity contribution in [1.82, 2.24) is 24.9 Å². The Balaban J connectivity index is 1.41. The fourth-order valence-corrected chi connectivity index (χ4v) is 3.92. The van der Waals surface area contributed by atoms with E-state index in [1.54, 1.807) is 11.3 Å². The minimum Gasteiger partial charge on any atom is -0.380 e. The van der Waals surface area contributed by atoms with Crippen LogP contribution < -0.4 is 0 Å². The van der Waals surface area contributed by atoms with Crippen LogP contribution in [0.3, 0.4) is 0 Å². The Kier molecular flexibility index (Phi) is 4.62. The topological polar surface area (TPSA) is 65.3 Å². The normalized spacial score (nSPS) is 20.9. The second-order valence-corrected chi connectivity index (χ2v) is 7.61. The van der Waals surface area contributed by atoms with E-state index in [0.29, 0.717) is 0 Å². The number of thiazole rings is 1. The first kappa shape index (κ1) is 16.1. The molecule has 4 rings (SSSR count). The molecule has 0 radical (unpaired) electrons. The zero-order valence-electron chi connectivity index (χ0n) is 14.0. The fraction of sp³-hybridized carbons (Fsp3) is 0.688. The van der Waals surface area contributed by atoms with Crippen molar-refractivity contribution >= 4 is 11.3 Å². The van der Waals surface area contributed by atoms with Crippen molar-refractivity contribution in [3.63, 3.8) is 0 Å². The Morgan fingerprint density at radius 1 is 1.21 bits per heavy atom. The lowest BCUT2D eigenvalue weighted by Crippen LogP contribution is -2.45. The summed E-state index contributed by atoms with van der Waals surface area (Å²) < 4.78 is 12.7. The summed E-state index contributed by atoms with van der Waals surface area (Å²) in [5.41, 5.74) is 2.00. The summed E-state index contributed by atoms with van der Waals surface area (Å²) >= 11 is 1.69. The molecule has 2 saturated heterocycles. The minimum absolute atomic E-state index is 0.231. The largest absolute Gasteiger partial charge is 0.380 e. The lowest BCUT2D eigenvalue weighted by Gasteiger charge is -2.40. The van der Waals surface area contributed by atoms with E-state index in [0.717, 1.165) is 75.4 Å². The van der Waals surface area contributed by atoms with E-state index in [9.17, 15) is 0 Å². The Morgan fingerprint density at radius 2 is 2.04 bits per heavy atom. The molecule has 0 amide bonds. The predicted octanol–water partition coefficient (Wildman–Crippen LogP) is 1.66. The third-order valence-corrected chi connectivity index (χ3v) is 5.71. The van der Waals surface area contributed by atoms with Crippen LogP contribution in [-0.4, -0.2) is 64.4 Å². The van der Waals surface area contributed by atoms with Crippen LogP contribution in [0.2, 0.25) is 0 Å². The first-order chi connectivity index (χ1) is 11.8. The molecule has 0 N–H and O–H groups in total. The smallest absolute Gasteiger partial charge is 0.132 e. The Labute approximate surface area is 145 Å². The molecule has 24 heavy (non-hydrogen) atoms. The average Bonchev–Trinajstić information content (AvgIpc) is 3.21. The van der Waals surface area contributed by atoms with Gasteiger partial charge in [-0.2, -0.15) is 0 Å². The first-order valence-electron chi connectivity index (χ1n) is 8.49. The molecule has 2 aromatic rings. The van der Waals surface area contributed by atoms with Gasteiger partial charge < -0.3 is 9.47 Å². The SMILES string of the molecule is CCC1(Cn2cc(-c3csc(CN4CCOCC4)n3)nn2)COC1. The van der Waals surface area contributed by atoms with Gasteiger partial charge in [0.1, 0.15) is 16.4 Å². The van der Waals surface area contributed by atoms with Crippen molar-refractivity contribution in [3.8, 4) is 11.4 Å². The first-order valence-corrected chi connectivity index (χ1v) is 9.37. The van der Waals surface area contributed by atoms with Crippen molar-refractivity contribution in [3.05, 3.63) is 16.6 Å². The maximum atomic E-state index is 5.39. The van der Waals surface area contributed by atoms with E-state index >= 15 is 0 Å². The molecule has 0 aromatic carbocycles. The lowest BCUT2D eigenvalue weighted by molar-refractivity contribution is -0.125. The van der Waals surface area contributed by atoms with Gasteiger partial charge in [-0.15, -0.1) is 16.4 Å². The fourth-order valence-electron chi connectivity index (χ4n) is 3.09. The standard InChI is InChI=1S/C16H23N5O2S/c1-2-16(11-23-12-16)10-21-7-13(18-19-21)14-9-24-15(17-14)8-20-3-5-22-6-4-20/h7,9H,2-6,8,10-12H2,1H3. The van der Waals surface area contributed by atoms with Crippen LogP contribution in [-0.2, 0) is 22.6 Å². The Morgan fingerprint density at radius 3 is 2.75 bits per heavy atom. The summed E-state index contributed by atoms with van der Waals surface area (Å²) in [6.07, 6.45) is 3.10. The highest BCUT2D eigenvalue weighted by Gasteiger charge is 2.37. The number of rotatable bonds is 6. The van der Waals surface area contributed by atoms with Gasteiger partial charge in [-0.3, -0.25) is 9.58 Å². The van der Waals surface area contributed by atoms with Crippen molar-refractivity contribution in [2.24, 2.45) is 5.41 Å². The number of aromatic nitrogens is 4. The van der Waals surface area contributed by atoms with Gasteiger partial charge in [-0.25, -0.2) is 4.98 Å². The molecule has 2 aliphatic rings. The highest BCUT2D eigenvalue weighted by atomic mass is 32.1. The van der Waals surface area contributed by atoms with Crippen molar-refractivity contribution in [2.75, 3.05) is 39.5 Å². The van der Waals surface area contributed by atoms with E-state index in [4.69, 9.17) is 14.5 Å². The second kappa shape index (κ2) is 6.87. The molecule has 4 heterocycles. The van der Waals surface area contributed by atoms with Crippen LogP contribution in [0.25, 0.3) is 11.4 Å². The van der Waals surface area contributed by atoms with Crippen LogP contribution in [0.1, 0.15) is 18.4 Å². The minimum atomic E-state index is 0.231. The van der Waals surface area contributed by atoms with Gasteiger partial charge in [0.05, 0.1) is 45.7 Å². The predicted molar refractivity (Wildman–Crippen MR) is 90.8 cm³/mol. The average molecular weight is 349 g/mol. The lowest BCUT2D eigenvalue weighted by atomic mass is 9.83. The molecular weight excluding hydrogens is 326 g/mol. The molecule has 0 atom stereocenters. The monoisotopic (exact) mass is 349 g/mol. The van der Waals surface area contributed by atoms with Crippen molar-refractivity contribution in [1.29, 1.82) is 0 Å². The van der Waals surface area contributed by atoms with Crippen molar-refractivity contribution < 1.29 is 9.47 Å². The molecule has 7 nitrogen and oxygen atoms in total. The number of morpholine rings is 1. The van der Waals surface area contributed by atoms with Gasteiger partial charge in [0, 0.05) is 23.9 Å². The maximum absolute atomic E-state index is 5.39. The van der Waals surface area contributed by atoms with Gasteiger partial charge in [0.15, 0.2) is 0 Å². The molecule has 2 fully saturated rings. The second-order valence-electron chi connectivity index (χ2n) is 6.66. The third-order valence-electron chi connectivity index (χ3n) is 4.88. The summed E-state index contributed by atoms with van der Waals surface area (Å²) in [7, 11) is 0. The van der Waals surface area contributed by atoms with Crippen molar-refractivity contribution in [2.45, 2.75) is 26.4 Å². The molecule has 0 spiro atoms.